The molecule has 1 aromatic carbocycles. The van der Waals surface area contributed by atoms with Crippen LogP contribution in [0.2, 0.25) is 0 Å². The highest BCUT2D eigenvalue weighted by atomic mass is 16.5. The van der Waals surface area contributed by atoms with Crippen LogP contribution in [0.25, 0.3) is 0 Å². The molecule has 3 aliphatic heterocycles. The minimum absolute atomic E-state index is 0.140. The molecule has 1 aromatic rings. The summed E-state index contributed by atoms with van der Waals surface area (Å²) in [6, 6.07) is 6.27. The first-order valence-electron chi connectivity index (χ1n) is 11.3. The fraction of sp³-hybridized carbons (Fsp3) is 0.609. The van der Waals surface area contributed by atoms with Gasteiger partial charge < -0.3 is 25.0 Å². The van der Waals surface area contributed by atoms with E-state index < -0.39 is 18.3 Å². The van der Waals surface area contributed by atoms with Crippen molar-refractivity contribution >= 4 is 17.7 Å². The Labute approximate surface area is 182 Å². The quantitative estimate of drug-likeness (QED) is 0.745. The molecule has 5 atom stereocenters. The van der Waals surface area contributed by atoms with Gasteiger partial charge in [0.25, 0.3) is 0 Å². The third-order valence-corrected chi connectivity index (χ3v) is 6.56. The Morgan fingerprint density at radius 3 is 2.68 bits per heavy atom. The molecule has 0 saturated carbocycles. The lowest BCUT2D eigenvalue weighted by atomic mass is 10.00. The van der Waals surface area contributed by atoms with Gasteiger partial charge in [0.05, 0.1) is 19.3 Å². The molecular weight excluding hydrogens is 398 g/mol. The predicted octanol–water partition coefficient (Wildman–Crippen LogP) is 1.89. The van der Waals surface area contributed by atoms with Crippen LogP contribution < -0.4 is 15.4 Å². The first-order chi connectivity index (χ1) is 15.0. The Hall–Kier alpha value is -2.61. The van der Waals surface area contributed by atoms with Gasteiger partial charge in [-0.05, 0) is 25.3 Å². The van der Waals surface area contributed by atoms with Crippen molar-refractivity contribution in [3.05, 3.63) is 29.8 Å². The fourth-order valence-electron chi connectivity index (χ4n) is 4.51. The zero-order valence-corrected chi connectivity index (χ0v) is 18.1. The van der Waals surface area contributed by atoms with Gasteiger partial charge in [0.15, 0.2) is 0 Å². The molecule has 0 bridgehead atoms. The van der Waals surface area contributed by atoms with Gasteiger partial charge in [-0.3, -0.25) is 14.4 Å². The van der Waals surface area contributed by atoms with Gasteiger partial charge in [0, 0.05) is 24.3 Å². The summed E-state index contributed by atoms with van der Waals surface area (Å²) in [5.74, 6) is 0.0573. The molecule has 0 unspecified atom stereocenters. The lowest BCUT2D eigenvalue weighted by Gasteiger charge is -2.32. The van der Waals surface area contributed by atoms with E-state index in [0.29, 0.717) is 45.3 Å². The average Bonchev–Trinajstić information content (AvgIpc) is 3.15. The number of benzene rings is 1. The van der Waals surface area contributed by atoms with E-state index in [9.17, 15) is 14.4 Å². The Morgan fingerprint density at radius 1 is 1.10 bits per heavy atom. The molecule has 0 aliphatic carbocycles. The zero-order chi connectivity index (χ0) is 22.0. The van der Waals surface area contributed by atoms with Crippen LogP contribution in [0.3, 0.4) is 0 Å². The summed E-state index contributed by atoms with van der Waals surface area (Å²) in [5, 5.41) is 5.99. The fourth-order valence-corrected chi connectivity index (χ4v) is 4.51. The lowest BCUT2D eigenvalue weighted by Crippen LogP contribution is -2.55. The summed E-state index contributed by atoms with van der Waals surface area (Å²) in [4.78, 5) is 40.5. The second-order valence-corrected chi connectivity index (χ2v) is 8.56. The molecule has 0 aromatic heterocycles. The molecule has 2 fully saturated rings. The monoisotopic (exact) mass is 429 g/mol. The number of hydrogen-bond donors (Lipinski definition) is 2. The molecule has 3 aliphatic rings. The largest absolute Gasteiger partial charge is 0.493 e. The highest BCUT2D eigenvalue weighted by Gasteiger charge is 2.46. The number of hydrogen-bond acceptors (Lipinski definition) is 5. The van der Waals surface area contributed by atoms with Crippen molar-refractivity contribution in [2.75, 3.05) is 13.2 Å². The molecule has 4 rings (SSSR count). The van der Waals surface area contributed by atoms with Gasteiger partial charge >= 0.3 is 0 Å². The van der Waals surface area contributed by atoms with E-state index in [-0.39, 0.29) is 29.7 Å². The highest BCUT2D eigenvalue weighted by molar-refractivity contribution is 5.93. The maximum Gasteiger partial charge on any atom is 0.247 e. The van der Waals surface area contributed by atoms with Crippen molar-refractivity contribution in [1.82, 2.24) is 15.5 Å². The topological polar surface area (TPSA) is 97.0 Å². The van der Waals surface area contributed by atoms with E-state index in [1.165, 1.54) is 0 Å². The van der Waals surface area contributed by atoms with Gasteiger partial charge in [0.2, 0.25) is 17.7 Å². The normalized spacial score (nSPS) is 28.6. The number of rotatable bonds is 5. The second-order valence-electron chi connectivity index (χ2n) is 8.56. The Balaban J connectivity index is 1.47. The van der Waals surface area contributed by atoms with E-state index in [2.05, 4.69) is 10.6 Å². The second kappa shape index (κ2) is 9.26. The number of amides is 3. The number of carbonyl (C=O) groups excluding carboxylic acids is 3. The summed E-state index contributed by atoms with van der Waals surface area (Å²) in [6.07, 6.45) is 2.52. The molecule has 3 amide bonds. The third kappa shape index (κ3) is 4.39. The molecule has 2 N–H and O–H groups in total. The van der Waals surface area contributed by atoms with Crippen LogP contribution in [-0.4, -0.2) is 54.1 Å². The van der Waals surface area contributed by atoms with Crippen LogP contribution in [0, 0.1) is 5.92 Å². The zero-order valence-electron chi connectivity index (χ0n) is 18.1. The minimum atomic E-state index is -0.663. The summed E-state index contributed by atoms with van der Waals surface area (Å²) < 4.78 is 11.6. The first-order valence-corrected chi connectivity index (χ1v) is 11.3. The van der Waals surface area contributed by atoms with Crippen LogP contribution in [0.15, 0.2) is 24.3 Å². The van der Waals surface area contributed by atoms with Gasteiger partial charge in [-0.15, -0.1) is 0 Å². The van der Waals surface area contributed by atoms with Crippen molar-refractivity contribution in [3.8, 4) is 5.75 Å². The van der Waals surface area contributed by atoms with E-state index >= 15 is 0 Å². The van der Waals surface area contributed by atoms with Gasteiger partial charge in [-0.2, -0.15) is 0 Å². The Morgan fingerprint density at radius 2 is 1.87 bits per heavy atom. The maximum atomic E-state index is 13.3. The van der Waals surface area contributed by atoms with Crippen LogP contribution >= 0.6 is 0 Å². The van der Waals surface area contributed by atoms with Gasteiger partial charge in [-0.25, -0.2) is 0 Å². The summed E-state index contributed by atoms with van der Waals surface area (Å²) in [5.41, 5.74) is 0.953. The number of nitrogens with zero attached hydrogens (tertiary/aromatic N) is 1. The highest BCUT2D eigenvalue weighted by Crippen LogP contribution is 2.33. The van der Waals surface area contributed by atoms with Crippen molar-refractivity contribution in [2.45, 2.75) is 70.3 Å². The standard InChI is InChI=1S/C23H31N3O5/c1-3-14(2)21(27)25-17-11-13-31-20-9-8-18(26(20)23(17)29)22(28)24-16-10-12-30-19-7-5-4-6-15(16)19/h4-7,14,16-18,20H,3,8-13H2,1-2H3,(H,24,28)(H,25,27)/t14-,16+,17+,18-,20+/m1/s1. The molecule has 168 valence electrons. The van der Waals surface area contributed by atoms with Crippen LogP contribution in [0.1, 0.15) is 57.6 Å². The number of para-hydroxylation sites is 1. The summed E-state index contributed by atoms with van der Waals surface area (Å²) >= 11 is 0. The van der Waals surface area contributed by atoms with Gasteiger partial charge in [-0.1, -0.05) is 32.0 Å². The van der Waals surface area contributed by atoms with Crippen LogP contribution in [0.5, 0.6) is 5.75 Å². The van der Waals surface area contributed by atoms with Gasteiger partial charge in [0.1, 0.15) is 24.1 Å². The number of ether oxygens (including phenoxy) is 2. The Bertz CT molecular complexity index is 844. The van der Waals surface area contributed by atoms with Crippen molar-refractivity contribution in [2.24, 2.45) is 5.92 Å². The van der Waals surface area contributed by atoms with Crippen molar-refractivity contribution in [3.63, 3.8) is 0 Å². The first kappa shape index (κ1) is 21.6. The van der Waals surface area contributed by atoms with E-state index in [4.69, 9.17) is 9.47 Å². The van der Waals surface area contributed by atoms with E-state index in [0.717, 1.165) is 11.3 Å². The van der Waals surface area contributed by atoms with Crippen LogP contribution in [-0.2, 0) is 19.1 Å². The van der Waals surface area contributed by atoms with E-state index in [1.54, 1.807) is 4.90 Å². The number of nitrogens with one attached hydrogen (secondary N) is 2. The molecule has 8 heteroatoms. The minimum Gasteiger partial charge on any atom is -0.493 e. The van der Waals surface area contributed by atoms with Crippen molar-refractivity contribution < 1.29 is 23.9 Å². The molecular formula is C23H31N3O5. The lowest BCUT2D eigenvalue weighted by molar-refractivity contribution is -0.149. The SMILES string of the molecule is CC[C@@H](C)C(=O)N[C@H]1CCO[C@H]2CC[C@H](C(=O)N[C@H]3CCOc4ccccc43)N2C1=O. The predicted molar refractivity (Wildman–Crippen MR) is 113 cm³/mol. The smallest absolute Gasteiger partial charge is 0.247 e. The van der Waals surface area contributed by atoms with Crippen LogP contribution in [0.4, 0.5) is 0 Å². The molecule has 31 heavy (non-hydrogen) atoms. The van der Waals surface area contributed by atoms with E-state index in [1.807, 2.05) is 38.1 Å². The Kier molecular flexibility index (Phi) is 6.46. The van der Waals surface area contributed by atoms with Crippen molar-refractivity contribution in [1.29, 1.82) is 0 Å². The molecule has 0 spiro atoms. The maximum absolute atomic E-state index is 13.3. The number of carbonyl (C=O) groups is 3. The summed E-state index contributed by atoms with van der Waals surface area (Å²) in [6.45, 7) is 4.69. The molecule has 2 saturated heterocycles. The molecule has 8 nitrogen and oxygen atoms in total. The summed E-state index contributed by atoms with van der Waals surface area (Å²) in [7, 11) is 0. The molecule has 0 radical (unpaired) electrons. The molecule has 3 heterocycles. The number of fused-ring (bicyclic) bond motifs is 2. The third-order valence-electron chi connectivity index (χ3n) is 6.56. The average molecular weight is 430 g/mol.